The maximum absolute atomic E-state index is 14.1. The number of ketones is 1. The van der Waals surface area contributed by atoms with Gasteiger partial charge in [0.05, 0.1) is 17.3 Å². The van der Waals surface area contributed by atoms with Crippen molar-refractivity contribution in [2.75, 3.05) is 0 Å². The van der Waals surface area contributed by atoms with Crippen LogP contribution in [0.3, 0.4) is 0 Å². The maximum atomic E-state index is 14.1. The monoisotopic (exact) mass is 700 g/mol. The lowest BCUT2D eigenvalue weighted by molar-refractivity contribution is -0.232. The molecule has 0 aliphatic heterocycles. The Labute approximate surface area is 302 Å². The van der Waals surface area contributed by atoms with E-state index in [1.54, 1.807) is 26.1 Å². The first-order valence-electron chi connectivity index (χ1n) is 19.1. The Balaban J connectivity index is 1.21. The first-order chi connectivity index (χ1) is 23.8. The number of carboxylic acid groups (broad SMARTS) is 1. The second-order valence-electron chi connectivity index (χ2n) is 19.0. The third-order valence-corrected chi connectivity index (χ3v) is 15.4. The summed E-state index contributed by atoms with van der Waals surface area (Å²) in [5, 5.41) is 18.7. The van der Waals surface area contributed by atoms with Gasteiger partial charge in [-0.3, -0.25) is 14.4 Å². The van der Waals surface area contributed by atoms with Gasteiger partial charge < -0.3 is 14.3 Å². The molecule has 51 heavy (non-hydrogen) atoms. The van der Waals surface area contributed by atoms with Crippen molar-refractivity contribution in [1.29, 1.82) is 0 Å². The number of rotatable bonds is 7. The van der Waals surface area contributed by atoms with E-state index in [4.69, 9.17) is 9.15 Å². The Bertz CT molecular complexity index is 1780. The number of allylic oxidation sites excluding steroid dienone is 2. The lowest BCUT2D eigenvalue weighted by Crippen LogP contribution is -2.66. The number of Topliss-reactive ketones (excluding diaryl/α,β-unsaturated/α-hetero) is 1. The van der Waals surface area contributed by atoms with E-state index in [1.807, 2.05) is 0 Å². The van der Waals surface area contributed by atoms with Crippen LogP contribution < -0.4 is 0 Å². The van der Waals surface area contributed by atoms with Crippen LogP contribution in [0.15, 0.2) is 34.2 Å². The molecule has 2 aromatic rings. The zero-order valence-electron chi connectivity index (χ0n) is 32.0. The standard InChI is InChI=1S/C41H56N4O6/c1-23(2)31-26(46)20-41(34-45-44-33(51-34)25-14-19-42-22-43-25)18-17-39(8)24(32(31)41)10-11-28-38(7)15-13-29(50-30(47)21-36(3,4)35(48)49)37(5,6)27(38)12-16-40(28,39)9/h14,19,22-24,27-29H,10-13,15-18,20-21H2,1-9H3,(H,48,49)/t24-,27+,28-,29+,38+,39-,40-,41-/m1/s1. The smallest absolute Gasteiger partial charge is 0.309 e. The van der Waals surface area contributed by atoms with Crippen molar-refractivity contribution in [3.05, 3.63) is 35.6 Å². The fourth-order valence-corrected chi connectivity index (χ4v) is 12.6. The number of esters is 1. The minimum absolute atomic E-state index is 0.0289. The molecule has 0 radical (unpaired) electrons. The zero-order chi connectivity index (χ0) is 36.9. The number of aromatic nitrogens is 4. The van der Waals surface area contributed by atoms with E-state index in [2.05, 4.69) is 68.6 Å². The summed E-state index contributed by atoms with van der Waals surface area (Å²) in [6.07, 6.45) is 10.8. The van der Waals surface area contributed by atoms with Crippen molar-refractivity contribution in [1.82, 2.24) is 20.2 Å². The van der Waals surface area contributed by atoms with Gasteiger partial charge in [-0.2, -0.15) is 0 Å². The summed E-state index contributed by atoms with van der Waals surface area (Å²) in [6.45, 7) is 19.6. The summed E-state index contributed by atoms with van der Waals surface area (Å²) in [7, 11) is 0. The number of hydrogen-bond acceptors (Lipinski definition) is 9. The number of nitrogens with zero attached hydrogens (tertiary/aromatic N) is 4. The van der Waals surface area contributed by atoms with Crippen LogP contribution in [0.5, 0.6) is 0 Å². The number of hydrogen-bond donors (Lipinski definition) is 1. The molecule has 2 aromatic heterocycles. The highest BCUT2D eigenvalue weighted by atomic mass is 16.5. The summed E-state index contributed by atoms with van der Waals surface area (Å²) in [6, 6.07) is 1.76. The first-order valence-corrected chi connectivity index (χ1v) is 19.1. The molecule has 7 rings (SSSR count). The molecule has 0 bridgehead atoms. The third kappa shape index (κ3) is 5.11. The lowest BCUT2D eigenvalue weighted by atomic mass is 9.33. The van der Waals surface area contributed by atoms with Gasteiger partial charge in [0.25, 0.3) is 5.89 Å². The molecule has 5 aliphatic rings. The summed E-state index contributed by atoms with van der Waals surface area (Å²) in [4.78, 5) is 47.3. The van der Waals surface area contributed by atoms with Crippen molar-refractivity contribution in [2.45, 2.75) is 138 Å². The second-order valence-corrected chi connectivity index (χ2v) is 19.0. The summed E-state index contributed by atoms with van der Waals surface area (Å²) in [5.41, 5.74) is 0.880. The maximum Gasteiger partial charge on any atom is 0.309 e. The molecule has 0 amide bonds. The SMILES string of the molecule is CC(C)C1=C2[C@H]3CC[C@@H]4[C@@]5(C)CC[C@H](OC(=O)CC(C)(C)C(=O)O)C(C)(C)[C@@H]5CC[C@@]4(C)[C@]3(C)CC[C@@]2(c2nnc(-c3ccncn3)o2)CC1=O. The highest BCUT2D eigenvalue weighted by Gasteiger charge is 2.71. The van der Waals surface area contributed by atoms with Crippen LogP contribution >= 0.6 is 0 Å². The third-order valence-electron chi connectivity index (χ3n) is 15.4. The van der Waals surface area contributed by atoms with Crippen LogP contribution in [-0.4, -0.2) is 49.1 Å². The number of ether oxygens (including phenoxy) is 1. The van der Waals surface area contributed by atoms with Crippen LogP contribution in [0.2, 0.25) is 0 Å². The molecule has 276 valence electrons. The summed E-state index contributed by atoms with van der Waals surface area (Å²) < 4.78 is 12.6. The molecule has 10 nitrogen and oxygen atoms in total. The average Bonchev–Trinajstić information content (AvgIpc) is 3.67. The van der Waals surface area contributed by atoms with Gasteiger partial charge in [-0.25, -0.2) is 9.97 Å². The molecule has 4 fully saturated rings. The molecule has 0 saturated heterocycles. The van der Waals surface area contributed by atoms with E-state index < -0.39 is 22.8 Å². The van der Waals surface area contributed by atoms with Crippen molar-refractivity contribution in [3.63, 3.8) is 0 Å². The van der Waals surface area contributed by atoms with Gasteiger partial charge in [0.15, 0.2) is 5.78 Å². The van der Waals surface area contributed by atoms with Crippen molar-refractivity contribution >= 4 is 17.7 Å². The van der Waals surface area contributed by atoms with E-state index in [1.165, 1.54) is 11.9 Å². The molecule has 2 heterocycles. The van der Waals surface area contributed by atoms with Gasteiger partial charge >= 0.3 is 11.9 Å². The minimum atomic E-state index is -1.17. The Hall–Kier alpha value is -3.43. The van der Waals surface area contributed by atoms with Crippen LogP contribution in [-0.2, 0) is 24.5 Å². The van der Waals surface area contributed by atoms with Crippen LogP contribution in [0.25, 0.3) is 11.6 Å². The van der Waals surface area contributed by atoms with Gasteiger partial charge in [-0.15, -0.1) is 10.2 Å². The molecule has 0 spiro atoms. The molecule has 0 unspecified atom stereocenters. The minimum Gasteiger partial charge on any atom is -0.481 e. The Morgan fingerprint density at radius 1 is 0.980 bits per heavy atom. The van der Waals surface area contributed by atoms with Crippen molar-refractivity contribution in [2.24, 2.45) is 50.7 Å². The largest absolute Gasteiger partial charge is 0.481 e. The Morgan fingerprint density at radius 2 is 1.73 bits per heavy atom. The number of aliphatic carboxylic acids is 1. The lowest BCUT2D eigenvalue weighted by Gasteiger charge is -2.72. The topological polar surface area (TPSA) is 145 Å². The van der Waals surface area contributed by atoms with E-state index in [9.17, 15) is 19.5 Å². The number of carboxylic acids is 1. The zero-order valence-corrected chi connectivity index (χ0v) is 32.0. The molecule has 4 saturated carbocycles. The molecule has 8 atom stereocenters. The molecular weight excluding hydrogens is 644 g/mol. The van der Waals surface area contributed by atoms with E-state index in [0.29, 0.717) is 35.7 Å². The molecular formula is C41H56N4O6. The summed E-state index contributed by atoms with van der Waals surface area (Å²) >= 11 is 0. The van der Waals surface area contributed by atoms with Gasteiger partial charge in [0.1, 0.15) is 18.1 Å². The predicted molar refractivity (Wildman–Crippen MR) is 190 cm³/mol. The quantitative estimate of drug-likeness (QED) is 0.281. The predicted octanol–water partition coefficient (Wildman–Crippen LogP) is 8.17. The number of carbonyl (C=O) groups is 3. The van der Waals surface area contributed by atoms with E-state index >= 15 is 0 Å². The van der Waals surface area contributed by atoms with E-state index in [0.717, 1.165) is 56.9 Å². The Kier molecular flexibility index (Phi) is 8.31. The highest BCUT2D eigenvalue weighted by molar-refractivity contribution is 6.01. The summed E-state index contributed by atoms with van der Waals surface area (Å²) in [5.74, 6) is 0.873. The normalized spacial score (nSPS) is 37.3. The van der Waals surface area contributed by atoms with Crippen molar-refractivity contribution < 1.29 is 28.6 Å². The Morgan fingerprint density at radius 3 is 2.39 bits per heavy atom. The van der Waals surface area contributed by atoms with Gasteiger partial charge in [0, 0.05) is 18.0 Å². The van der Waals surface area contributed by atoms with Gasteiger partial charge in [-0.1, -0.05) is 48.5 Å². The van der Waals surface area contributed by atoms with Crippen LogP contribution in [0.1, 0.15) is 132 Å². The molecule has 10 heteroatoms. The molecule has 0 aromatic carbocycles. The van der Waals surface area contributed by atoms with Crippen molar-refractivity contribution in [3.8, 4) is 11.6 Å². The van der Waals surface area contributed by atoms with Crippen LogP contribution in [0.4, 0.5) is 0 Å². The highest BCUT2D eigenvalue weighted by Crippen LogP contribution is 2.76. The average molecular weight is 701 g/mol. The number of fused-ring (bicyclic) bond motifs is 7. The fourth-order valence-electron chi connectivity index (χ4n) is 12.6. The number of carbonyl (C=O) groups excluding carboxylic acids is 2. The molecule has 1 N–H and O–H groups in total. The second kappa shape index (κ2) is 11.8. The van der Waals surface area contributed by atoms with Crippen LogP contribution in [0, 0.1) is 50.7 Å². The van der Waals surface area contributed by atoms with Gasteiger partial charge in [0.2, 0.25) is 5.89 Å². The molecule has 5 aliphatic carbocycles. The fraction of sp³-hybridized carbons (Fsp3) is 0.732. The van der Waals surface area contributed by atoms with Gasteiger partial charge in [-0.05, 0) is 122 Å². The first kappa shape index (κ1) is 36.0. The van der Waals surface area contributed by atoms with E-state index in [-0.39, 0.29) is 51.8 Å².